The Kier molecular flexibility index (Phi) is 3.62. The zero-order valence-corrected chi connectivity index (χ0v) is 7.66. The van der Waals surface area contributed by atoms with Crippen LogP contribution in [-0.4, -0.2) is 6.29 Å². The highest BCUT2D eigenvalue weighted by Crippen LogP contribution is 2.11. The Morgan fingerprint density at radius 2 is 2.15 bits per heavy atom. The molecule has 0 aliphatic heterocycles. The molecule has 0 bridgehead atoms. The molecule has 0 radical (unpaired) electrons. The minimum atomic E-state index is -0.180. The van der Waals surface area contributed by atoms with Crippen molar-refractivity contribution >= 4 is 6.29 Å². The molecule has 13 heavy (non-hydrogen) atoms. The summed E-state index contributed by atoms with van der Waals surface area (Å²) < 4.78 is 13.1. The van der Waals surface area contributed by atoms with Crippen molar-refractivity contribution in [1.29, 1.82) is 0 Å². The Bertz CT molecular complexity index is 283. The van der Waals surface area contributed by atoms with Crippen LogP contribution in [0.4, 0.5) is 4.39 Å². The predicted octanol–water partition coefficient (Wildman–Crippen LogP) is 2.59. The zero-order valence-electron chi connectivity index (χ0n) is 7.66. The molecule has 0 aliphatic rings. The lowest BCUT2D eigenvalue weighted by Crippen LogP contribution is -1.99. The fourth-order valence-electron chi connectivity index (χ4n) is 1.15. The van der Waals surface area contributed by atoms with E-state index in [1.165, 1.54) is 6.07 Å². The maximum absolute atomic E-state index is 13.1. The Hall–Kier alpha value is -1.18. The fraction of sp³-hybridized carbons (Fsp3) is 0.364. The molecular weight excluding hydrogens is 167 g/mol. The van der Waals surface area contributed by atoms with Gasteiger partial charge < -0.3 is 4.79 Å². The summed E-state index contributed by atoms with van der Waals surface area (Å²) in [6.07, 6.45) is 2.25. The maximum atomic E-state index is 13.1. The summed E-state index contributed by atoms with van der Waals surface area (Å²) in [6, 6.07) is 6.68. The molecule has 0 spiro atoms. The molecule has 0 fully saturated rings. The molecule has 70 valence electrons. The quantitative estimate of drug-likeness (QED) is 0.651. The smallest absolute Gasteiger partial charge is 0.126 e. The molecule has 2 heteroatoms. The lowest BCUT2D eigenvalue weighted by molar-refractivity contribution is -0.110. The lowest BCUT2D eigenvalue weighted by Gasteiger charge is -2.04. The van der Waals surface area contributed by atoms with Crippen molar-refractivity contribution in [2.45, 2.75) is 19.8 Å². The van der Waals surface area contributed by atoms with E-state index in [1.54, 1.807) is 12.1 Å². The minimum absolute atomic E-state index is 0.0135. The van der Waals surface area contributed by atoms with Crippen LogP contribution >= 0.6 is 0 Å². The van der Waals surface area contributed by atoms with Crippen LogP contribution in [0.25, 0.3) is 0 Å². The van der Waals surface area contributed by atoms with Gasteiger partial charge in [-0.2, -0.15) is 0 Å². The van der Waals surface area contributed by atoms with Gasteiger partial charge in [0.1, 0.15) is 12.1 Å². The molecule has 0 amide bonds. The van der Waals surface area contributed by atoms with Crippen LogP contribution < -0.4 is 0 Å². The SMILES string of the molecule is CC(C=O)CCc1ccccc1F. The minimum Gasteiger partial charge on any atom is -0.303 e. The number of benzene rings is 1. The third kappa shape index (κ3) is 2.98. The van der Waals surface area contributed by atoms with Crippen LogP contribution in [0.1, 0.15) is 18.9 Å². The van der Waals surface area contributed by atoms with Crippen molar-refractivity contribution in [1.82, 2.24) is 0 Å². The summed E-state index contributed by atoms with van der Waals surface area (Å²) in [5.74, 6) is -0.166. The normalized spacial score (nSPS) is 12.5. The highest BCUT2D eigenvalue weighted by molar-refractivity contribution is 5.52. The van der Waals surface area contributed by atoms with Crippen molar-refractivity contribution in [2.24, 2.45) is 5.92 Å². The van der Waals surface area contributed by atoms with Gasteiger partial charge in [0.15, 0.2) is 0 Å². The molecule has 0 saturated carbocycles. The molecular formula is C11H13FO. The molecule has 1 atom stereocenters. The fourth-order valence-corrected chi connectivity index (χ4v) is 1.15. The number of aldehydes is 1. The van der Waals surface area contributed by atoms with Crippen LogP contribution in [0.5, 0.6) is 0 Å². The summed E-state index contributed by atoms with van der Waals surface area (Å²) in [4.78, 5) is 10.3. The topological polar surface area (TPSA) is 17.1 Å². The highest BCUT2D eigenvalue weighted by atomic mass is 19.1. The van der Waals surface area contributed by atoms with Crippen LogP contribution in [0.3, 0.4) is 0 Å². The first-order valence-corrected chi connectivity index (χ1v) is 4.42. The molecule has 1 rings (SSSR count). The van der Waals surface area contributed by atoms with Crippen molar-refractivity contribution in [3.8, 4) is 0 Å². The van der Waals surface area contributed by atoms with E-state index in [-0.39, 0.29) is 11.7 Å². The number of rotatable bonds is 4. The molecule has 1 aromatic carbocycles. The largest absolute Gasteiger partial charge is 0.303 e. The van der Waals surface area contributed by atoms with E-state index >= 15 is 0 Å². The van der Waals surface area contributed by atoms with Crippen LogP contribution in [0, 0.1) is 11.7 Å². The van der Waals surface area contributed by atoms with E-state index in [4.69, 9.17) is 0 Å². The monoisotopic (exact) mass is 180 g/mol. The molecule has 1 aromatic rings. The number of aryl methyl sites for hydroxylation is 1. The van der Waals surface area contributed by atoms with E-state index < -0.39 is 0 Å². The Balaban J connectivity index is 2.54. The van der Waals surface area contributed by atoms with E-state index in [1.807, 2.05) is 13.0 Å². The molecule has 0 saturated heterocycles. The van der Waals surface area contributed by atoms with Crippen molar-refractivity contribution in [3.63, 3.8) is 0 Å². The van der Waals surface area contributed by atoms with Gasteiger partial charge in [-0.15, -0.1) is 0 Å². The third-order valence-electron chi connectivity index (χ3n) is 2.06. The molecule has 0 aliphatic carbocycles. The van der Waals surface area contributed by atoms with E-state index in [0.717, 1.165) is 6.29 Å². The average molecular weight is 180 g/mol. The van der Waals surface area contributed by atoms with Crippen molar-refractivity contribution in [3.05, 3.63) is 35.6 Å². The summed E-state index contributed by atoms with van der Waals surface area (Å²) >= 11 is 0. The van der Waals surface area contributed by atoms with Gasteiger partial charge in [0.2, 0.25) is 0 Å². The molecule has 1 nitrogen and oxygen atoms in total. The summed E-state index contributed by atoms with van der Waals surface area (Å²) in [6.45, 7) is 1.84. The summed E-state index contributed by atoms with van der Waals surface area (Å²) in [7, 11) is 0. The Morgan fingerprint density at radius 3 is 2.77 bits per heavy atom. The summed E-state index contributed by atoms with van der Waals surface area (Å²) in [5.41, 5.74) is 0.691. The maximum Gasteiger partial charge on any atom is 0.126 e. The van der Waals surface area contributed by atoms with Gasteiger partial charge in [0.25, 0.3) is 0 Å². The number of hydrogen-bond acceptors (Lipinski definition) is 1. The van der Waals surface area contributed by atoms with Gasteiger partial charge in [-0.3, -0.25) is 0 Å². The first-order chi connectivity index (χ1) is 6.24. The number of halogens is 1. The van der Waals surface area contributed by atoms with Crippen LogP contribution in [0.2, 0.25) is 0 Å². The Morgan fingerprint density at radius 1 is 1.46 bits per heavy atom. The van der Waals surface area contributed by atoms with Gasteiger partial charge in [0, 0.05) is 5.92 Å². The van der Waals surface area contributed by atoms with Crippen molar-refractivity contribution in [2.75, 3.05) is 0 Å². The number of carbonyl (C=O) groups excluding carboxylic acids is 1. The third-order valence-corrected chi connectivity index (χ3v) is 2.06. The van der Waals surface area contributed by atoms with Crippen LogP contribution in [0.15, 0.2) is 24.3 Å². The van der Waals surface area contributed by atoms with Crippen molar-refractivity contribution < 1.29 is 9.18 Å². The van der Waals surface area contributed by atoms with E-state index in [9.17, 15) is 9.18 Å². The molecule has 0 N–H and O–H groups in total. The first-order valence-electron chi connectivity index (χ1n) is 4.42. The predicted molar refractivity (Wildman–Crippen MR) is 49.9 cm³/mol. The van der Waals surface area contributed by atoms with E-state index in [0.29, 0.717) is 18.4 Å². The highest BCUT2D eigenvalue weighted by Gasteiger charge is 2.03. The molecule has 0 heterocycles. The second-order valence-corrected chi connectivity index (χ2v) is 3.24. The van der Waals surface area contributed by atoms with Gasteiger partial charge >= 0.3 is 0 Å². The van der Waals surface area contributed by atoms with Gasteiger partial charge in [-0.25, -0.2) is 4.39 Å². The standard InChI is InChI=1S/C11H13FO/c1-9(8-13)6-7-10-4-2-3-5-11(10)12/h2-5,8-9H,6-7H2,1H3. The number of carbonyl (C=O) groups is 1. The second kappa shape index (κ2) is 4.75. The first kappa shape index (κ1) is 9.90. The van der Waals surface area contributed by atoms with Gasteiger partial charge in [-0.05, 0) is 24.5 Å². The van der Waals surface area contributed by atoms with Gasteiger partial charge in [0.05, 0.1) is 0 Å². The van der Waals surface area contributed by atoms with Crippen LogP contribution in [-0.2, 0) is 11.2 Å². The summed E-state index contributed by atoms with van der Waals surface area (Å²) in [5, 5.41) is 0. The molecule has 1 unspecified atom stereocenters. The zero-order chi connectivity index (χ0) is 9.68. The second-order valence-electron chi connectivity index (χ2n) is 3.24. The lowest BCUT2D eigenvalue weighted by atomic mass is 10.0. The molecule has 0 aromatic heterocycles. The average Bonchev–Trinajstić information content (AvgIpc) is 2.16. The number of hydrogen-bond donors (Lipinski definition) is 0. The van der Waals surface area contributed by atoms with Gasteiger partial charge in [-0.1, -0.05) is 25.1 Å². The Labute approximate surface area is 77.6 Å². The van der Waals surface area contributed by atoms with E-state index in [2.05, 4.69) is 0 Å².